The normalized spacial score (nSPS) is 24.2. The van der Waals surface area contributed by atoms with Crippen molar-refractivity contribution in [2.45, 2.75) is 25.7 Å². The summed E-state index contributed by atoms with van der Waals surface area (Å²) in [6.45, 7) is 3.94. The van der Waals surface area contributed by atoms with Crippen LogP contribution in [-0.4, -0.2) is 23.2 Å². The number of piperidine rings is 1. The Bertz CT molecular complexity index is 253. The lowest BCUT2D eigenvalue weighted by Gasteiger charge is -2.18. The number of rotatable bonds is 1. The zero-order valence-corrected chi connectivity index (χ0v) is 7.21. The average Bonchev–Trinajstić information content (AvgIpc) is 2.54. The van der Waals surface area contributed by atoms with Gasteiger partial charge >= 0.3 is 0 Å². The Kier molecular flexibility index (Phi) is 2.08. The van der Waals surface area contributed by atoms with E-state index in [1.807, 2.05) is 6.92 Å². The molecule has 0 unspecified atom stereocenters. The molecule has 0 amide bonds. The van der Waals surface area contributed by atoms with Crippen molar-refractivity contribution in [2.75, 3.05) is 13.1 Å². The van der Waals surface area contributed by atoms with E-state index >= 15 is 0 Å². The summed E-state index contributed by atoms with van der Waals surface area (Å²) in [6.07, 6.45) is 2.36. The van der Waals surface area contributed by atoms with E-state index in [2.05, 4.69) is 15.5 Å². The van der Waals surface area contributed by atoms with Gasteiger partial charge in [-0.1, -0.05) is 5.16 Å². The minimum atomic E-state index is 0.431. The van der Waals surface area contributed by atoms with Crippen LogP contribution in [0, 0.1) is 6.92 Å². The second-order valence-electron chi connectivity index (χ2n) is 3.22. The minimum Gasteiger partial charge on any atom is -0.339 e. The standard InChI is InChI=1S/C8H13N3O/c1-6-10-8(12-11-6)7-3-2-4-9-5-7/h7,9H,2-5H2,1H3/t7-/m0/s1. The first-order chi connectivity index (χ1) is 5.86. The maximum atomic E-state index is 5.10. The SMILES string of the molecule is Cc1noc([C@H]2CCCNC2)n1. The Balaban J connectivity index is 2.08. The molecule has 1 N–H and O–H groups in total. The Labute approximate surface area is 71.4 Å². The van der Waals surface area contributed by atoms with Crippen LogP contribution < -0.4 is 5.32 Å². The summed E-state index contributed by atoms with van der Waals surface area (Å²) in [4.78, 5) is 4.22. The lowest BCUT2D eigenvalue weighted by Crippen LogP contribution is -2.28. The number of hydrogen-bond donors (Lipinski definition) is 1. The molecule has 0 spiro atoms. The van der Waals surface area contributed by atoms with Crippen molar-refractivity contribution in [3.63, 3.8) is 0 Å². The average molecular weight is 167 g/mol. The third-order valence-electron chi connectivity index (χ3n) is 2.19. The predicted molar refractivity (Wildman–Crippen MR) is 43.9 cm³/mol. The molecule has 2 rings (SSSR count). The van der Waals surface area contributed by atoms with Gasteiger partial charge in [-0.15, -0.1) is 0 Å². The molecule has 1 aromatic rings. The first-order valence-electron chi connectivity index (χ1n) is 4.37. The second kappa shape index (κ2) is 3.23. The Morgan fingerprint density at radius 1 is 1.58 bits per heavy atom. The number of aryl methyl sites for hydroxylation is 1. The van der Waals surface area contributed by atoms with E-state index < -0.39 is 0 Å². The molecule has 0 saturated carbocycles. The third-order valence-corrected chi connectivity index (χ3v) is 2.19. The molecule has 4 heteroatoms. The van der Waals surface area contributed by atoms with Crippen LogP contribution in [0.4, 0.5) is 0 Å². The van der Waals surface area contributed by atoms with Gasteiger partial charge in [-0.05, 0) is 26.3 Å². The number of aromatic nitrogens is 2. The Hall–Kier alpha value is -0.900. The third kappa shape index (κ3) is 1.48. The van der Waals surface area contributed by atoms with Gasteiger partial charge in [-0.3, -0.25) is 0 Å². The zero-order chi connectivity index (χ0) is 8.39. The van der Waals surface area contributed by atoms with Crippen LogP contribution in [0.5, 0.6) is 0 Å². The summed E-state index contributed by atoms with van der Waals surface area (Å²) in [5.74, 6) is 1.95. The molecule has 1 saturated heterocycles. The minimum absolute atomic E-state index is 0.431. The fourth-order valence-electron chi connectivity index (χ4n) is 1.54. The smallest absolute Gasteiger partial charge is 0.231 e. The molecular weight excluding hydrogens is 154 g/mol. The second-order valence-corrected chi connectivity index (χ2v) is 3.22. The molecule has 1 aliphatic heterocycles. The quantitative estimate of drug-likeness (QED) is 0.673. The van der Waals surface area contributed by atoms with Crippen LogP contribution in [-0.2, 0) is 0 Å². The van der Waals surface area contributed by atoms with Gasteiger partial charge < -0.3 is 9.84 Å². The molecule has 1 aromatic heterocycles. The van der Waals surface area contributed by atoms with Gasteiger partial charge in [0.15, 0.2) is 5.82 Å². The van der Waals surface area contributed by atoms with Gasteiger partial charge in [-0.25, -0.2) is 0 Å². The molecule has 12 heavy (non-hydrogen) atoms. The number of hydrogen-bond acceptors (Lipinski definition) is 4. The van der Waals surface area contributed by atoms with Crippen molar-refractivity contribution < 1.29 is 4.52 Å². The maximum absolute atomic E-state index is 5.10. The van der Waals surface area contributed by atoms with Crippen LogP contribution in [0.25, 0.3) is 0 Å². The van der Waals surface area contributed by atoms with Gasteiger partial charge in [0.25, 0.3) is 0 Å². The molecule has 4 nitrogen and oxygen atoms in total. The van der Waals surface area contributed by atoms with Crippen LogP contribution in [0.1, 0.15) is 30.5 Å². The summed E-state index contributed by atoms with van der Waals surface area (Å²) in [5.41, 5.74) is 0. The highest BCUT2D eigenvalue weighted by molar-refractivity contribution is 4.95. The maximum Gasteiger partial charge on any atom is 0.231 e. The fourth-order valence-corrected chi connectivity index (χ4v) is 1.54. The summed E-state index contributed by atoms with van der Waals surface area (Å²) in [6, 6.07) is 0. The fraction of sp³-hybridized carbons (Fsp3) is 0.750. The van der Waals surface area contributed by atoms with Crippen molar-refractivity contribution in [3.05, 3.63) is 11.7 Å². The van der Waals surface area contributed by atoms with E-state index in [0.29, 0.717) is 5.92 Å². The lowest BCUT2D eigenvalue weighted by molar-refractivity contribution is 0.321. The molecular formula is C8H13N3O. The van der Waals surface area contributed by atoms with Crippen molar-refractivity contribution >= 4 is 0 Å². The van der Waals surface area contributed by atoms with E-state index in [1.165, 1.54) is 6.42 Å². The summed E-state index contributed by atoms with van der Waals surface area (Å²) in [5, 5.41) is 7.09. The predicted octanol–water partition coefficient (Wildman–Crippen LogP) is 0.845. The van der Waals surface area contributed by atoms with E-state index in [1.54, 1.807) is 0 Å². The monoisotopic (exact) mass is 167 g/mol. The molecule has 1 aliphatic rings. The summed E-state index contributed by atoms with van der Waals surface area (Å²) in [7, 11) is 0. The lowest BCUT2D eigenvalue weighted by atomic mass is 10.00. The van der Waals surface area contributed by atoms with Gasteiger partial charge in [0.2, 0.25) is 5.89 Å². The van der Waals surface area contributed by atoms with Crippen LogP contribution >= 0.6 is 0 Å². The van der Waals surface area contributed by atoms with Crippen molar-refractivity contribution in [1.29, 1.82) is 0 Å². The van der Waals surface area contributed by atoms with Gasteiger partial charge in [0, 0.05) is 6.54 Å². The molecule has 2 heterocycles. The highest BCUT2D eigenvalue weighted by atomic mass is 16.5. The molecule has 66 valence electrons. The van der Waals surface area contributed by atoms with E-state index in [0.717, 1.165) is 31.2 Å². The zero-order valence-electron chi connectivity index (χ0n) is 7.21. The molecule has 1 atom stereocenters. The first-order valence-corrected chi connectivity index (χ1v) is 4.37. The van der Waals surface area contributed by atoms with E-state index in [4.69, 9.17) is 4.52 Å². The number of nitrogens with zero attached hydrogens (tertiary/aromatic N) is 2. The Morgan fingerprint density at radius 3 is 3.08 bits per heavy atom. The highest BCUT2D eigenvalue weighted by Gasteiger charge is 2.20. The topological polar surface area (TPSA) is 51.0 Å². The summed E-state index contributed by atoms with van der Waals surface area (Å²) < 4.78 is 5.10. The van der Waals surface area contributed by atoms with E-state index in [9.17, 15) is 0 Å². The van der Waals surface area contributed by atoms with E-state index in [-0.39, 0.29) is 0 Å². The van der Waals surface area contributed by atoms with Crippen molar-refractivity contribution in [2.24, 2.45) is 0 Å². The molecule has 0 bridgehead atoms. The highest BCUT2D eigenvalue weighted by Crippen LogP contribution is 2.20. The van der Waals surface area contributed by atoms with Crippen molar-refractivity contribution in [1.82, 2.24) is 15.5 Å². The van der Waals surface area contributed by atoms with Crippen LogP contribution in [0.15, 0.2) is 4.52 Å². The molecule has 0 radical (unpaired) electrons. The van der Waals surface area contributed by atoms with Crippen LogP contribution in [0.3, 0.4) is 0 Å². The molecule has 0 aliphatic carbocycles. The van der Waals surface area contributed by atoms with Gasteiger partial charge in [0.1, 0.15) is 0 Å². The first kappa shape index (κ1) is 7.73. The van der Waals surface area contributed by atoms with Crippen LogP contribution in [0.2, 0.25) is 0 Å². The van der Waals surface area contributed by atoms with Gasteiger partial charge in [0.05, 0.1) is 5.92 Å². The molecule has 1 fully saturated rings. The van der Waals surface area contributed by atoms with Crippen molar-refractivity contribution in [3.8, 4) is 0 Å². The Morgan fingerprint density at radius 2 is 2.50 bits per heavy atom. The van der Waals surface area contributed by atoms with Gasteiger partial charge in [-0.2, -0.15) is 4.98 Å². The summed E-state index contributed by atoms with van der Waals surface area (Å²) >= 11 is 0. The molecule has 0 aromatic carbocycles. The largest absolute Gasteiger partial charge is 0.339 e. The number of nitrogens with one attached hydrogen (secondary N) is 1.